The lowest BCUT2D eigenvalue weighted by Gasteiger charge is -2.31. The average Bonchev–Trinajstić information content (AvgIpc) is 3.61. The summed E-state index contributed by atoms with van der Waals surface area (Å²) in [4.78, 5) is 9.65. The fourth-order valence-electron chi connectivity index (χ4n) is 6.75. The topological polar surface area (TPSA) is 18.8 Å². The fraction of sp³-hybridized carbons (Fsp3) is 0.167. The van der Waals surface area contributed by atoms with Crippen LogP contribution in [-0.4, -0.2) is 37.0 Å². The van der Waals surface area contributed by atoms with Crippen LogP contribution in [0.1, 0.15) is 22.3 Å². The van der Waals surface area contributed by atoms with Gasteiger partial charge in [-0.3, -0.25) is 4.99 Å². The zero-order valence-corrected chi connectivity index (χ0v) is 18.3. The molecule has 0 amide bonds. The van der Waals surface area contributed by atoms with Gasteiger partial charge in [0.15, 0.2) is 0 Å². The molecule has 4 aliphatic rings. The molecule has 8 rings (SSSR count). The lowest BCUT2D eigenvalue weighted by molar-refractivity contribution is 0.503. The molecule has 2 aliphatic heterocycles. The second-order valence-electron chi connectivity index (χ2n) is 9.44. The predicted octanol–water partition coefficient (Wildman–Crippen LogP) is 5.52. The third-order valence-electron chi connectivity index (χ3n) is 8.03. The number of hydrogen-bond acceptors (Lipinski definition) is 3. The van der Waals surface area contributed by atoms with Crippen LogP contribution >= 0.6 is 0 Å². The first-order chi connectivity index (χ1) is 16.4. The maximum atomic E-state index is 4.82. The number of benzene rings is 4. The molecule has 2 aliphatic carbocycles. The van der Waals surface area contributed by atoms with Gasteiger partial charge in [0.25, 0.3) is 0 Å². The summed E-state index contributed by atoms with van der Waals surface area (Å²) >= 11 is 0. The van der Waals surface area contributed by atoms with Crippen molar-refractivity contribution in [2.24, 2.45) is 4.99 Å². The maximum absolute atomic E-state index is 4.82. The number of rotatable bonds is 1. The summed E-state index contributed by atoms with van der Waals surface area (Å²) in [5.74, 6) is 1.15. The monoisotopic (exact) mass is 425 g/mol. The van der Waals surface area contributed by atoms with Crippen LogP contribution in [0, 0.1) is 0 Å². The first kappa shape index (κ1) is 17.7. The Morgan fingerprint density at radius 2 is 1.15 bits per heavy atom. The highest BCUT2D eigenvalue weighted by Crippen LogP contribution is 2.63. The number of fused-ring (bicyclic) bond motifs is 11. The van der Waals surface area contributed by atoms with E-state index in [4.69, 9.17) is 4.99 Å². The van der Waals surface area contributed by atoms with Crippen LogP contribution in [0.25, 0.3) is 22.3 Å². The molecule has 0 unspecified atom stereocenters. The van der Waals surface area contributed by atoms with E-state index in [-0.39, 0.29) is 5.41 Å². The summed E-state index contributed by atoms with van der Waals surface area (Å²) in [7, 11) is 0. The molecule has 0 atom stereocenters. The molecule has 0 aromatic heterocycles. The van der Waals surface area contributed by atoms with Crippen LogP contribution in [0.5, 0.6) is 0 Å². The van der Waals surface area contributed by atoms with Crippen LogP contribution in [0.4, 0.5) is 5.69 Å². The van der Waals surface area contributed by atoms with Crippen molar-refractivity contribution in [1.29, 1.82) is 0 Å². The van der Waals surface area contributed by atoms with Crippen LogP contribution in [0.2, 0.25) is 0 Å². The summed E-state index contributed by atoms with van der Waals surface area (Å²) in [6.07, 6.45) is 0. The molecular formula is C30H23N3. The first-order valence-electron chi connectivity index (χ1n) is 11.9. The van der Waals surface area contributed by atoms with Crippen molar-refractivity contribution in [2.75, 3.05) is 31.1 Å². The Morgan fingerprint density at radius 3 is 1.79 bits per heavy atom. The normalized spacial score (nSPS) is 18.1. The maximum Gasteiger partial charge on any atom is 0.201 e. The highest BCUT2D eigenvalue weighted by Gasteiger charge is 2.51. The third-order valence-corrected chi connectivity index (χ3v) is 8.03. The van der Waals surface area contributed by atoms with E-state index in [0.717, 1.165) is 32.1 Å². The Balaban J connectivity index is 1.46. The second-order valence-corrected chi connectivity index (χ2v) is 9.44. The van der Waals surface area contributed by atoms with E-state index < -0.39 is 0 Å². The lowest BCUT2D eigenvalue weighted by atomic mass is 9.70. The van der Waals surface area contributed by atoms with Gasteiger partial charge in [-0.15, -0.1) is 0 Å². The predicted molar refractivity (Wildman–Crippen MR) is 134 cm³/mol. The average molecular weight is 426 g/mol. The van der Waals surface area contributed by atoms with Gasteiger partial charge in [-0.25, -0.2) is 0 Å². The van der Waals surface area contributed by atoms with E-state index in [1.807, 2.05) is 0 Å². The second kappa shape index (κ2) is 6.14. The molecule has 0 saturated carbocycles. The van der Waals surface area contributed by atoms with Crippen molar-refractivity contribution < 1.29 is 0 Å². The molecule has 1 saturated heterocycles. The molecule has 4 aromatic carbocycles. The van der Waals surface area contributed by atoms with Crippen LogP contribution < -0.4 is 4.90 Å². The van der Waals surface area contributed by atoms with Crippen molar-refractivity contribution in [3.63, 3.8) is 0 Å². The van der Waals surface area contributed by atoms with E-state index in [1.54, 1.807) is 0 Å². The minimum atomic E-state index is -0.272. The number of hydrogen-bond donors (Lipinski definition) is 0. The summed E-state index contributed by atoms with van der Waals surface area (Å²) in [5, 5.41) is 0. The van der Waals surface area contributed by atoms with E-state index in [9.17, 15) is 0 Å². The van der Waals surface area contributed by atoms with Gasteiger partial charge in [0.1, 0.15) is 0 Å². The quantitative estimate of drug-likeness (QED) is 0.345. The largest absolute Gasteiger partial charge is 0.339 e. The molecule has 0 bridgehead atoms. The Bertz CT molecular complexity index is 1430. The van der Waals surface area contributed by atoms with Crippen LogP contribution in [0.3, 0.4) is 0 Å². The Kier molecular flexibility index (Phi) is 3.29. The molecule has 2 heterocycles. The Morgan fingerprint density at radius 1 is 0.576 bits per heavy atom. The van der Waals surface area contributed by atoms with Crippen LogP contribution in [0.15, 0.2) is 96.0 Å². The number of guanidine groups is 1. The summed E-state index contributed by atoms with van der Waals surface area (Å²) in [6, 6.07) is 34.1. The molecule has 33 heavy (non-hydrogen) atoms. The van der Waals surface area contributed by atoms with Gasteiger partial charge in [0.2, 0.25) is 5.96 Å². The molecule has 0 radical (unpaired) electrons. The Hall–Kier alpha value is -3.85. The minimum absolute atomic E-state index is 0.272. The van der Waals surface area contributed by atoms with Gasteiger partial charge in [0.05, 0.1) is 12.0 Å². The standard InChI is InChI=1S/C30H23N3/c1-4-10-25-21(7-1)22-8-2-5-11-26(22)30(25)27-12-6-3-9-23(27)24-14-13-20(19-28(24)30)33-18-17-32-16-15-31-29(32)33/h1-14,19H,15-18H2. The highest BCUT2D eigenvalue weighted by atomic mass is 15.5. The van der Waals surface area contributed by atoms with Gasteiger partial charge in [0, 0.05) is 25.3 Å². The zero-order chi connectivity index (χ0) is 21.6. The summed E-state index contributed by atoms with van der Waals surface area (Å²) < 4.78 is 0. The Labute approximate surface area is 193 Å². The highest BCUT2D eigenvalue weighted by molar-refractivity contribution is 6.01. The van der Waals surface area contributed by atoms with Gasteiger partial charge < -0.3 is 9.80 Å². The minimum Gasteiger partial charge on any atom is -0.339 e. The smallest absolute Gasteiger partial charge is 0.201 e. The van der Waals surface area contributed by atoms with Crippen molar-refractivity contribution in [3.8, 4) is 22.3 Å². The molecule has 4 aromatic rings. The number of anilines is 1. The van der Waals surface area contributed by atoms with Gasteiger partial charge >= 0.3 is 0 Å². The van der Waals surface area contributed by atoms with E-state index in [1.165, 1.54) is 50.2 Å². The molecule has 158 valence electrons. The first-order valence-corrected chi connectivity index (χ1v) is 11.9. The molecule has 1 spiro atoms. The van der Waals surface area contributed by atoms with E-state index in [2.05, 4.69) is 101 Å². The van der Waals surface area contributed by atoms with E-state index in [0.29, 0.717) is 0 Å². The fourth-order valence-corrected chi connectivity index (χ4v) is 6.75. The lowest BCUT2D eigenvalue weighted by Crippen LogP contribution is -2.31. The van der Waals surface area contributed by atoms with Gasteiger partial charge in [-0.1, -0.05) is 78.9 Å². The molecule has 3 nitrogen and oxygen atoms in total. The molecular weight excluding hydrogens is 402 g/mol. The SMILES string of the molecule is c1ccc2c(c1)-c1ccccc1C21c2ccccc2-c2ccc(N3CCN4CCN=C43)cc21. The molecule has 1 fully saturated rings. The van der Waals surface area contributed by atoms with Gasteiger partial charge in [-0.05, 0) is 56.6 Å². The summed E-state index contributed by atoms with van der Waals surface area (Å²) in [6.45, 7) is 4.03. The van der Waals surface area contributed by atoms with Gasteiger partial charge in [-0.2, -0.15) is 0 Å². The zero-order valence-electron chi connectivity index (χ0n) is 18.3. The summed E-state index contributed by atoms with van der Waals surface area (Å²) in [5.41, 5.74) is 12.0. The third kappa shape index (κ3) is 2.04. The van der Waals surface area contributed by atoms with Crippen LogP contribution in [-0.2, 0) is 5.41 Å². The van der Waals surface area contributed by atoms with Crippen molar-refractivity contribution >= 4 is 11.6 Å². The molecule has 3 heteroatoms. The number of aliphatic imine (C=N–C) groups is 1. The molecule has 0 N–H and O–H groups in total. The van der Waals surface area contributed by atoms with Crippen molar-refractivity contribution in [2.45, 2.75) is 5.41 Å². The number of nitrogens with zero attached hydrogens (tertiary/aromatic N) is 3. The van der Waals surface area contributed by atoms with Crippen molar-refractivity contribution in [1.82, 2.24) is 4.90 Å². The van der Waals surface area contributed by atoms with Crippen molar-refractivity contribution in [3.05, 3.63) is 113 Å². The van der Waals surface area contributed by atoms with E-state index >= 15 is 0 Å².